The Labute approximate surface area is 129 Å². The van der Waals surface area contributed by atoms with E-state index in [4.69, 9.17) is 0 Å². The van der Waals surface area contributed by atoms with Gasteiger partial charge >= 0.3 is 0 Å². The Hall–Kier alpha value is -1.06. The van der Waals surface area contributed by atoms with E-state index in [1.165, 1.54) is 55.5 Å². The van der Waals surface area contributed by atoms with Crippen molar-refractivity contribution >= 4 is 5.69 Å². The molecule has 1 aliphatic heterocycles. The molecule has 1 aromatic rings. The van der Waals surface area contributed by atoms with Gasteiger partial charge in [-0.25, -0.2) is 0 Å². The smallest absolute Gasteiger partial charge is 0.0397 e. The van der Waals surface area contributed by atoms with Gasteiger partial charge in [-0.3, -0.25) is 4.90 Å². The molecule has 1 heterocycles. The largest absolute Gasteiger partial charge is 0.374 e. The molecule has 1 aliphatic carbocycles. The number of fused-ring (bicyclic) bond motifs is 1. The van der Waals surface area contributed by atoms with Crippen LogP contribution >= 0.6 is 0 Å². The number of anilines is 1. The van der Waals surface area contributed by atoms with Crippen LogP contribution < -0.4 is 10.2 Å². The Morgan fingerprint density at radius 2 is 2.00 bits per heavy atom. The van der Waals surface area contributed by atoms with Crippen LogP contribution in [-0.2, 0) is 13.0 Å². The Morgan fingerprint density at radius 3 is 2.71 bits per heavy atom. The zero-order valence-corrected chi connectivity index (χ0v) is 13.7. The van der Waals surface area contributed by atoms with Crippen molar-refractivity contribution in [3.63, 3.8) is 0 Å². The summed E-state index contributed by atoms with van der Waals surface area (Å²) in [4.78, 5) is 4.92. The summed E-state index contributed by atoms with van der Waals surface area (Å²) in [5, 5.41) is 3.42. The van der Waals surface area contributed by atoms with Crippen LogP contribution in [0.3, 0.4) is 0 Å². The number of nitrogens with one attached hydrogen (secondary N) is 1. The van der Waals surface area contributed by atoms with Crippen LogP contribution in [0.15, 0.2) is 18.2 Å². The SMILES string of the molecule is CNC1CCC(N(C)Cc2ccc3c(c2)CCN3C)CC1. The highest BCUT2D eigenvalue weighted by molar-refractivity contribution is 5.58. The van der Waals surface area contributed by atoms with Crippen LogP contribution in [0.2, 0.25) is 0 Å². The number of hydrogen-bond acceptors (Lipinski definition) is 3. The van der Waals surface area contributed by atoms with Gasteiger partial charge in [-0.1, -0.05) is 12.1 Å². The molecule has 0 radical (unpaired) electrons. The van der Waals surface area contributed by atoms with Crippen molar-refractivity contribution in [3.8, 4) is 0 Å². The summed E-state index contributed by atoms with van der Waals surface area (Å²) in [7, 11) is 6.58. The van der Waals surface area contributed by atoms with E-state index in [1.807, 2.05) is 0 Å². The molecule has 0 amide bonds. The molecular weight excluding hydrogens is 258 g/mol. The lowest BCUT2D eigenvalue weighted by Gasteiger charge is -2.34. The van der Waals surface area contributed by atoms with Gasteiger partial charge in [0.25, 0.3) is 0 Å². The van der Waals surface area contributed by atoms with Gasteiger partial charge in [0.2, 0.25) is 0 Å². The maximum atomic E-state index is 3.42. The molecular formula is C18H29N3. The van der Waals surface area contributed by atoms with E-state index in [0.29, 0.717) is 0 Å². The minimum Gasteiger partial charge on any atom is -0.374 e. The second kappa shape index (κ2) is 6.37. The summed E-state index contributed by atoms with van der Waals surface area (Å²) < 4.78 is 0. The van der Waals surface area contributed by atoms with E-state index in [9.17, 15) is 0 Å². The standard InChI is InChI=1S/C18H29N3/c1-19-16-5-7-17(8-6-16)21(3)13-14-4-9-18-15(12-14)10-11-20(18)2/h4,9,12,16-17,19H,5-8,10-11,13H2,1-3H3. The van der Waals surface area contributed by atoms with Crippen molar-refractivity contribution in [2.75, 3.05) is 32.6 Å². The maximum Gasteiger partial charge on any atom is 0.0397 e. The highest BCUT2D eigenvalue weighted by Crippen LogP contribution is 2.29. The lowest BCUT2D eigenvalue weighted by molar-refractivity contribution is 0.170. The molecule has 3 heteroatoms. The van der Waals surface area contributed by atoms with Crippen LogP contribution in [0.1, 0.15) is 36.8 Å². The van der Waals surface area contributed by atoms with Crippen molar-refractivity contribution in [2.24, 2.45) is 0 Å². The van der Waals surface area contributed by atoms with Crippen LogP contribution in [0.4, 0.5) is 5.69 Å². The van der Waals surface area contributed by atoms with Crippen LogP contribution in [0, 0.1) is 0 Å². The van der Waals surface area contributed by atoms with E-state index in [0.717, 1.165) is 18.6 Å². The van der Waals surface area contributed by atoms with Crippen molar-refractivity contribution in [1.82, 2.24) is 10.2 Å². The zero-order valence-electron chi connectivity index (χ0n) is 13.7. The predicted octanol–water partition coefficient (Wildman–Crippen LogP) is 2.64. The Balaban J connectivity index is 1.59. The topological polar surface area (TPSA) is 18.5 Å². The number of likely N-dealkylation sites (N-methyl/N-ethyl adjacent to an activating group) is 1. The summed E-state index contributed by atoms with van der Waals surface area (Å²) in [6.07, 6.45) is 6.50. The fourth-order valence-corrected chi connectivity index (χ4v) is 3.94. The van der Waals surface area contributed by atoms with Crippen molar-refractivity contribution < 1.29 is 0 Å². The number of benzene rings is 1. The van der Waals surface area contributed by atoms with E-state index in [2.05, 4.69) is 54.5 Å². The summed E-state index contributed by atoms with van der Waals surface area (Å²) in [6.45, 7) is 2.26. The van der Waals surface area contributed by atoms with Gasteiger partial charge in [-0.15, -0.1) is 0 Å². The fraction of sp³-hybridized carbons (Fsp3) is 0.667. The van der Waals surface area contributed by atoms with Gasteiger partial charge in [-0.2, -0.15) is 0 Å². The molecule has 0 spiro atoms. The molecule has 0 unspecified atom stereocenters. The minimum atomic E-state index is 0.741. The van der Waals surface area contributed by atoms with E-state index >= 15 is 0 Å². The molecule has 1 N–H and O–H groups in total. The van der Waals surface area contributed by atoms with Gasteiger partial charge in [0, 0.05) is 37.9 Å². The van der Waals surface area contributed by atoms with Crippen LogP contribution in [0.5, 0.6) is 0 Å². The second-order valence-electron chi connectivity index (χ2n) is 6.84. The van der Waals surface area contributed by atoms with Gasteiger partial charge < -0.3 is 10.2 Å². The molecule has 21 heavy (non-hydrogen) atoms. The van der Waals surface area contributed by atoms with E-state index in [-0.39, 0.29) is 0 Å². The molecule has 3 nitrogen and oxygen atoms in total. The third kappa shape index (κ3) is 3.24. The second-order valence-corrected chi connectivity index (χ2v) is 6.84. The van der Waals surface area contributed by atoms with Gasteiger partial charge in [-0.05, 0) is 63.4 Å². The van der Waals surface area contributed by atoms with Gasteiger partial charge in [0.15, 0.2) is 0 Å². The molecule has 0 atom stereocenters. The average Bonchev–Trinajstić information content (AvgIpc) is 2.88. The summed E-state index contributed by atoms with van der Waals surface area (Å²) in [5.74, 6) is 0. The Morgan fingerprint density at radius 1 is 1.24 bits per heavy atom. The molecule has 0 aromatic heterocycles. The van der Waals surface area contributed by atoms with Crippen molar-refractivity contribution in [3.05, 3.63) is 29.3 Å². The fourth-order valence-electron chi connectivity index (χ4n) is 3.94. The molecule has 1 fully saturated rings. The van der Waals surface area contributed by atoms with Crippen molar-refractivity contribution in [2.45, 2.75) is 50.7 Å². The van der Waals surface area contributed by atoms with Crippen LogP contribution in [0.25, 0.3) is 0 Å². The number of hydrogen-bond donors (Lipinski definition) is 1. The molecule has 0 bridgehead atoms. The number of rotatable bonds is 4. The predicted molar refractivity (Wildman–Crippen MR) is 90.0 cm³/mol. The normalized spacial score (nSPS) is 25.4. The quantitative estimate of drug-likeness (QED) is 0.918. The minimum absolute atomic E-state index is 0.741. The monoisotopic (exact) mass is 287 g/mol. The summed E-state index contributed by atoms with van der Waals surface area (Å²) >= 11 is 0. The molecule has 1 aromatic carbocycles. The molecule has 2 aliphatic rings. The lowest BCUT2D eigenvalue weighted by Crippen LogP contribution is -2.39. The van der Waals surface area contributed by atoms with Gasteiger partial charge in [0.1, 0.15) is 0 Å². The van der Waals surface area contributed by atoms with Crippen LogP contribution in [-0.4, -0.2) is 44.7 Å². The van der Waals surface area contributed by atoms with Gasteiger partial charge in [0.05, 0.1) is 0 Å². The first-order valence-corrected chi connectivity index (χ1v) is 8.38. The number of nitrogens with zero attached hydrogens (tertiary/aromatic N) is 2. The Bertz CT molecular complexity index is 477. The Kier molecular flexibility index (Phi) is 4.51. The first-order chi connectivity index (χ1) is 10.2. The van der Waals surface area contributed by atoms with E-state index < -0.39 is 0 Å². The first-order valence-electron chi connectivity index (χ1n) is 8.38. The van der Waals surface area contributed by atoms with E-state index in [1.54, 1.807) is 0 Å². The highest BCUT2D eigenvalue weighted by atomic mass is 15.1. The zero-order chi connectivity index (χ0) is 14.8. The third-order valence-electron chi connectivity index (χ3n) is 5.43. The first kappa shape index (κ1) is 14.9. The molecule has 0 saturated heterocycles. The third-order valence-corrected chi connectivity index (χ3v) is 5.43. The summed E-state index contributed by atoms with van der Waals surface area (Å²) in [6, 6.07) is 8.55. The van der Waals surface area contributed by atoms with Crippen molar-refractivity contribution in [1.29, 1.82) is 0 Å². The maximum absolute atomic E-state index is 3.42. The molecule has 1 saturated carbocycles. The molecule has 116 valence electrons. The lowest BCUT2D eigenvalue weighted by atomic mass is 9.90. The highest BCUT2D eigenvalue weighted by Gasteiger charge is 2.23. The summed E-state index contributed by atoms with van der Waals surface area (Å²) in [5.41, 5.74) is 4.43. The average molecular weight is 287 g/mol. The molecule has 3 rings (SSSR count).